The summed E-state index contributed by atoms with van der Waals surface area (Å²) >= 11 is 0. The molecule has 0 radical (unpaired) electrons. The molecule has 0 saturated heterocycles. The highest BCUT2D eigenvalue weighted by atomic mass is 19.4. The van der Waals surface area contributed by atoms with Crippen LogP contribution >= 0.6 is 0 Å². The van der Waals surface area contributed by atoms with Gasteiger partial charge in [0.2, 0.25) is 0 Å². The maximum atomic E-state index is 15.3. The van der Waals surface area contributed by atoms with E-state index in [9.17, 15) is 26.3 Å². The predicted octanol–water partition coefficient (Wildman–Crippen LogP) is 9.09. The van der Waals surface area contributed by atoms with Crippen molar-refractivity contribution in [3.8, 4) is 11.5 Å². The van der Waals surface area contributed by atoms with Gasteiger partial charge in [0.25, 0.3) is 0 Å². The highest BCUT2D eigenvalue weighted by Gasteiger charge is 2.30. The van der Waals surface area contributed by atoms with Crippen molar-refractivity contribution in [3.63, 3.8) is 0 Å². The van der Waals surface area contributed by atoms with Crippen molar-refractivity contribution < 1.29 is 40.2 Å². The second kappa shape index (κ2) is 13.3. The van der Waals surface area contributed by atoms with Crippen molar-refractivity contribution in [2.24, 2.45) is 0 Å². The van der Waals surface area contributed by atoms with Gasteiger partial charge in [0, 0.05) is 11.5 Å². The van der Waals surface area contributed by atoms with Crippen LogP contribution in [0.25, 0.3) is 10.8 Å². The Bertz CT molecular complexity index is 1470. The van der Waals surface area contributed by atoms with Gasteiger partial charge < -0.3 is 9.47 Å². The molecule has 0 bridgehead atoms. The van der Waals surface area contributed by atoms with Gasteiger partial charge in [-0.05, 0) is 77.9 Å². The molecule has 218 valence electrons. The number of ether oxygens (including phenoxy) is 2. The van der Waals surface area contributed by atoms with Crippen LogP contribution in [-0.4, -0.2) is 19.4 Å². The van der Waals surface area contributed by atoms with E-state index in [0.29, 0.717) is 47.1 Å². The van der Waals surface area contributed by atoms with E-state index in [4.69, 9.17) is 4.74 Å². The molecule has 0 aromatic heterocycles. The summed E-state index contributed by atoms with van der Waals surface area (Å²) in [6, 6.07) is 15.2. The zero-order valence-electron chi connectivity index (χ0n) is 22.4. The number of halogens is 7. The Hall–Kier alpha value is -3.75. The molecule has 0 atom stereocenters. The van der Waals surface area contributed by atoms with E-state index in [-0.39, 0.29) is 24.2 Å². The molecular formula is C32H29F7O2. The molecular weight excluding hydrogens is 549 g/mol. The number of alkyl halides is 3. The minimum absolute atomic E-state index is 0.0574. The number of rotatable bonds is 12. The van der Waals surface area contributed by atoms with Crippen LogP contribution in [0.2, 0.25) is 0 Å². The predicted molar refractivity (Wildman–Crippen MR) is 143 cm³/mol. The topological polar surface area (TPSA) is 18.5 Å². The van der Waals surface area contributed by atoms with Crippen LogP contribution in [-0.2, 0) is 25.7 Å². The third-order valence-electron chi connectivity index (χ3n) is 6.69. The fraction of sp³-hybridized carbons (Fsp3) is 0.312. The van der Waals surface area contributed by atoms with Crippen LogP contribution in [0.1, 0.15) is 42.0 Å². The monoisotopic (exact) mass is 578 g/mol. The largest absolute Gasteiger partial charge is 0.493 e. The average Bonchev–Trinajstić information content (AvgIpc) is 2.91. The van der Waals surface area contributed by atoms with Gasteiger partial charge in [-0.2, -0.15) is 13.2 Å². The third-order valence-corrected chi connectivity index (χ3v) is 6.69. The van der Waals surface area contributed by atoms with E-state index in [1.165, 1.54) is 6.07 Å². The normalized spacial score (nSPS) is 11.7. The van der Waals surface area contributed by atoms with Gasteiger partial charge in [-0.15, -0.1) is 0 Å². The Morgan fingerprint density at radius 3 is 2.02 bits per heavy atom. The van der Waals surface area contributed by atoms with Crippen LogP contribution in [0.4, 0.5) is 30.7 Å². The van der Waals surface area contributed by atoms with E-state index in [1.807, 2.05) is 6.07 Å². The Balaban J connectivity index is 1.39. The zero-order valence-corrected chi connectivity index (χ0v) is 22.4. The molecule has 4 aromatic rings. The average molecular weight is 579 g/mol. The SMILES string of the molecule is CCCCOc1ccc(CCc2ccc3c(F)c(CCc4cc(F)c(OCC(F)(F)F)c(F)c4)ccc3c2)c(F)c1. The molecule has 41 heavy (non-hydrogen) atoms. The van der Waals surface area contributed by atoms with Gasteiger partial charge in [-0.3, -0.25) is 0 Å². The molecule has 0 aliphatic heterocycles. The van der Waals surface area contributed by atoms with Crippen LogP contribution in [0, 0.1) is 23.3 Å². The Kier molecular flexibility index (Phi) is 9.78. The molecule has 4 aromatic carbocycles. The smallest absolute Gasteiger partial charge is 0.422 e. The van der Waals surface area contributed by atoms with Crippen molar-refractivity contribution in [1.82, 2.24) is 0 Å². The van der Waals surface area contributed by atoms with Crippen LogP contribution in [0.5, 0.6) is 11.5 Å². The molecule has 0 spiro atoms. The maximum absolute atomic E-state index is 15.3. The second-order valence-electron chi connectivity index (χ2n) is 9.84. The van der Waals surface area contributed by atoms with Crippen LogP contribution in [0.15, 0.2) is 60.7 Å². The van der Waals surface area contributed by atoms with E-state index in [2.05, 4.69) is 11.7 Å². The first-order valence-electron chi connectivity index (χ1n) is 13.3. The van der Waals surface area contributed by atoms with Crippen molar-refractivity contribution in [2.75, 3.05) is 13.2 Å². The van der Waals surface area contributed by atoms with Gasteiger partial charge >= 0.3 is 6.18 Å². The van der Waals surface area contributed by atoms with E-state index in [0.717, 1.165) is 30.5 Å². The molecule has 0 amide bonds. The molecule has 0 heterocycles. The lowest BCUT2D eigenvalue weighted by molar-refractivity contribution is -0.154. The number of aryl methyl sites for hydroxylation is 4. The van der Waals surface area contributed by atoms with Gasteiger partial charge in [0.05, 0.1) is 6.61 Å². The van der Waals surface area contributed by atoms with Crippen molar-refractivity contribution in [3.05, 3.63) is 106 Å². The summed E-state index contributed by atoms with van der Waals surface area (Å²) < 4.78 is 105. The molecule has 0 unspecified atom stereocenters. The first kappa shape index (κ1) is 30.2. The summed E-state index contributed by atoms with van der Waals surface area (Å²) in [6.07, 6.45) is -1.67. The summed E-state index contributed by atoms with van der Waals surface area (Å²) in [6.45, 7) is 0.774. The lowest BCUT2D eigenvalue weighted by Crippen LogP contribution is -2.20. The van der Waals surface area contributed by atoms with E-state index in [1.54, 1.807) is 36.4 Å². The number of unbranched alkanes of at least 4 members (excludes halogenated alkanes) is 1. The minimum Gasteiger partial charge on any atom is -0.493 e. The maximum Gasteiger partial charge on any atom is 0.422 e. The molecule has 0 saturated carbocycles. The van der Waals surface area contributed by atoms with Gasteiger partial charge in [-0.25, -0.2) is 17.6 Å². The van der Waals surface area contributed by atoms with E-state index < -0.39 is 36.0 Å². The molecule has 2 nitrogen and oxygen atoms in total. The fourth-order valence-corrected chi connectivity index (χ4v) is 4.50. The van der Waals surface area contributed by atoms with Crippen molar-refractivity contribution in [2.45, 2.75) is 51.6 Å². The first-order chi connectivity index (χ1) is 19.5. The molecule has 4 rings (SSSR count). The third kappa shape index (κ3) is 8.15. The Morgan fingerprint density at radius 2 is 1.34 bits per heavy atom. The molecule has 0 N–H and O–H groups in total. The molecule has 0 fully saturated rings. The number of fused-ring (bicyclic) bond motifs is 1. The summed E-state index contributed by atoms with van der Waals surface area (Å²) in [5.41, 5.74) is 1.95. The van der Waals surface area contributed by atoms with Crippen molar-refractivity contribution >= 4 is 10.8 Å². The number of hydrogen-bond acceptors (Lipinski definition) is 2. The second-order valence-corrected chi connectivity index (χ2v) is 9.84. The first-order valence-corrected chi connectivity index (χ1v) is 13.3. The highest BCUT2D eigenvalue weighted by molar-refractivity contribution is 5.84. The van der Waals surface area contributed by atoms with Gasteiger partial charge in [0.1, 0.15) is 17.4 Å². The summed E-state index contributed by atoms with van der Waals surface area (Å²) in [5, 5.41) is 1.03. The number of benzene rings is 4. The lowest BCUT2D eigenvalue weighted by Gasteiger charge is -2.12. The zero-order chi connectivity index (χ0) is 29.6. The van der Waals surface area contributed by atoms with Gasteiger partial charge in [-0.1, -0.05) is 49.7 Å². The molecule has 0 aliphatic carbocycles. The summed E-state index contributed by atoms with van der Waals surface area (Å²) in [7, 11) is 0. The van der Waals surface area contributed by atoms with Crippen molar-refractivity contribution in [1.29, 1.82) is 0 Å². The minimum atomic E-state index is -4.74. The Labute approximate surface area is 233 Å². The van der Waals surface area contributed by atoms with Crippen LogP contribution in [0.3, 0.4) is 0 Å². The highest BCUT2D eigenvalue weighted by Crippen LogP contribution is 2.28. The van der Waals surface area contributed by atoms with Crippen LogP contribution < -0.4 is 9.47 Å². The molecule has 0 aliphatic rings. The molecule has 9 heteroatoms. The quantitative estimate of drug-likeness (QED) is 0.123. The summed E-state index contributed by atoms with van der Waals surface area (Å²) in [5.74, 6) is -3.92. The lowest BCUT2D eigenvalue weighted by atomic mass is 9.97. The fourth-order valence-electron chi connectivity index (χ4n) is 4.50. The standard InChI is InChI=1S/C32H29F7O2/c1-2-3-14-40-25-12-11-22(27(33)18-25)7-4-20-6-13-26-24(15-20)10-9-23(30(26)36)8-5-21-16-28(34)31(29(35)17-21)41-19-32(37,38)39/h6,9-13,15-18H,2-5,7-8,14,19H2,1H3. The van der Waals surface area contributed by atoms with Gasteiger partial charge in [0.15, 0.2) is 24.0 Å². The number of hydrogen-bond donors (Lipinski definition) is 0. The van der Waals surface area contributed by atoms with E-state index >= 15 is 4.39 Å². The Morgan fingerprint density at radius 1 is 0.659 bits per heavy atom. The summed E-state index contributed by atoms with van der Waals surface area (Å²) in [4.78, 5) is 0.